The van der Waals surface area contributed by atoms with Crippen LogP contribution >= 0.6 is 11.3 Å². The van der Waals surface area contributed by atoms with Gasteiger partial charge in [-0.2, -0.15) is 11.3 Å². The van der Waals surface area contributed by atoms with Gasteiger partial charge in [0.2, 0.25) is 0 Å². The van der Waals surface area contributed by atoms with Crippen molar-refractivity contribution in [2.45, 2.75) is 25.5 Å². The molecule has 1 aromatic carbocycles. The second-order valence-corrected chi connectivity index (χ2v) is 5.72. The molecule has 2 nitrogen and oxygen atoms in total. The molecular weight excluding hydrogens is 261 g/mol. The molecule has 0 saturated carbocycles. The first-order valence-corrected chi connectivity index (χ1v) is 7.17. The third-order valence-corrected chi connectivity index (χ3v) is 3.93. The van der Waals surface area contributed by atoms with Crippen LogP contribution in [0.3, 0.4) is 0 Å². The van der Waals surface area contributed by atoms with E-state index in [1.54, 1.807) is 24.3 Å². The lowest BCUT2D eigenvalue weighted by molar-refractivity contribution is 0.0548. The van der Waals surface area contributed by atoms with Gasteiger partial charge in [-0.1, -0.05) is 12.1 Å². The molecule has 0 radical (unpaired) electrons. The van der Waals surface area contributed by atoms with E-state index in [-0.39, 0.29) is 11.9 Å². The Morgan fingerprint density at radius 3 is 2.84 bits per heavy atom. The van der Waals surface area contributed by atoms with Gasteiger partial charge in [-0.3, -0.25) is 0 Å². The molecule has 1 aromatic heterocycles. The molecule has 0 bridgehead atoms. The van der Waals surface area contributed by atoms with Gasteiger partial charge in [0.05, 0.1) is 0 Å². The number of benzene rings is 1. The van der Waals surface area contributed by atoms with E-state index < -0.39 is 5.60 Å². The molecule has 0 spiro atoms. The second-order valence-electron chi connectivity index (χ2n) is 4.94. The van der Waals surface area contributed by atoms with Crippen LogP contribution in [0, 0.1) is 5.82 Å². The highest BCUT2D eigenvalue weighted by Gasteiger charge is 2.24. The van der Waals surface area contributed by atoms with Crippen LogP contribution in [0.25, 0.3) is 0 Å². The summed E-state index contributed by atoms with van der Waals surface area (Å²) in [7, 11) is 0. The molecule has 2 unspecified atom stereocenters. The first kappa shape index (κ1) is 14.2. The predicted octanol–water partition coefficient (Wildman–Crippen LogP) is 3.45. The maximum Gasteiger partial charge on any atom is 0.123 e. The van der Waals surface area contributed by atoms with E-state index in [0.29, 0.717) is 6.54 Å². The highest BCUT2D eigenvalue weighted by atomic mass is 32.1. The zero-order chi connectivity index (χ0) is 13.9. The Labute approximate surface area is 116 Å². The average Bonchev–Trinajstić information content (AvgIpc) is 2.90. The van der Waals surface area contributed by atoms with Crippen LogP contribution in [0.15, 0.2) is 41.1 Å². The van der Waals surface area contributed by atoms with Crippen molar-refractivity contribution in [3.63, 3.8) is 0 Å². The quantitative estimate of drug-likeness (QED) is 0.878. The van der Waals surface area contributed by atoms with Crippen molar-refractivity contribution in [2.75, 3.05) is 6.54 Å². The highest BCUT2D eigenvalue weighted by Crippen LogP contribution is 2.23. The molecule has 19 heavy (non-hydrogen) atoms. The first-order valence-electron chi connectivity index (χ1n) is 6.23. The lowest BCUT2D eigenvalue weighted by atomic mass is 9.98. The normalized spacial score (nSPS) is 16.0. The van der Waals surface area contributed by atoms with Crippen LogP contribution in [-0.4, -0.2) is 11.7 Å². The average molecular weight is 279 g/mol. The van der Waals surface area contributed by atoms with E-state index in [4.69, 9.17) is 0 Å². The van der Waals surface area contributed by atoms with Crippen molar-refractivity contribution in [3.8, 4) is 0 Å². The predicted molar refractivity (Wildman–Crippen MR) is 76.7 cm³/mol. The minimum absolute atomic E-state index is 0.0131. The van der Waals surface area contributed by atoms with Gasteiger partial charge in [-0.05, 0) is 53.9 Å². The summed E-state index contributed by atoms with van der Waals surface area (Å²) in [6.07, 6.45) is 0. The molecule has 102 valence electrons. The van der Waals surface area contributed by atoms with Gasteiger partial charge in [0, 0.05) is 12.6 Å². The zero-order valence-corrected chi connectivity index (χ0v) is 11.9. The molecule has 2 aromatic rings. The Morgan fingerprint density at radius 1 is 1.42 bits per heavy atom. The molecule has 4 heteroatoms. The van der Waals surface area contributed by atoms with Gasteiger partial charge in [0.1, 0.15) is 11.4 Å². The molecule has 0 saturated heterocycles. The minimum atomic E-state index is -0.915. The summed E-state index contributed by atoms with van der Waals surface area (Å²) in [5, 5.41) is 17.5. The van der Waals surface area contributed by atoms with Crippen LogP contribution in [0.5, 0.6) is 0 Å². The van der Waals surface area contributed by atoms with Crippen molar-refractivity contribution in [3.05, 3.63) is 58.0 Å². The number of aliphatic hydroxyl groups is 1. The Kier molecular flexibility index (Phi) is 4.34. The van der Waals surface area contributed by atoms with Gasteiger partial charge in [0.15, 0.2) is 0 Å². The van der Waals surface area contributed by atoms with Crippen molar-refractivity contribution in [1.82, 2.24) is 5.32 Å². The van der Waals surface area contributed by atoms with E-state index in [0.717, 1.165) is 11.1 Å². The molecule has 0 aliphatic carbocycles. The third kappa shape index (κ3) is 3.62. The Morgan fingerprint density at radius 2 is 2.21 bits per heavy atom. The smallest absolute Gasteiger partial charge is 0.123 e. The highest BCUT2D eigenvalue weighted by molar-refractivity contribution is 7.08. The fourth-order valence-corrected chi connectivity index (χ4v) is 2.70. The fraction of sp³-hybridized carbons (Fsp3) is 0.333. The van der Waals surface area contributed by atoms with Crippen LogP contribution < -0.4 is 5.32 Å². The Bertz CT molecular complexity index is 525. The van der Waals surface area contributed by atoms with Gasteiger partial charge >= 0.3 is 0 Å². The molecule has 2 atom stereocenters. The summed E-state index contributed by atoms with van der Waals surface area (Å²) < 4.78 is 13.1. The lowest BCUT2D eigenvalue weighted by Gasteiger charge is -2.25. The van der Waals surface area contributed by atoms with E-state index in [1.807, 2.05) is 29.8 Å². The van der Waals surface area contributed by atoms with Gasteiger partial charge in [0.25, 0.3) is 0 Å². The van der Waals surface area contributed by atoms with E-state index in [2.05, 4.69) is 5.32 Å². The minimum Gasteiger partial charge on any atom is -0.384 e. The molecule has 0 amide bonds. The first-order chi connectivity index (χ1) is 8.99. The van der Waals surface area contributed by atoms with E-state index in [1.165, 1.54) is 12.1 Å². The van der Waals surface area contributed by atoms with Crippen molar-refractivity contribution < 1.29 is 9.50 Å². The lowest BCUT2D eigenvalue weighted by Crippen LogP contribution is -2.36. The van der Waals surface area contributed by atoms with Crippen LogP contribution in [0.1, 0.15) is 31.0 Å². The molecule has 0 fully saturated rings. The summed E-state index contributed by atoms with van der Waals surface area (Å²) in [4.78, 5) is 0. The number of rotatable bonds is 5. The largest absolute Gasteiger partial charge is 0.384 e. The second kappa shape index (κ2) is 5.82. The summed E-state index contributed by atoms with van der Waals surface area (Å²) in [5.41, 5.74) is 0.860. The van der Waals surface area contributed by atoms with Crippen LogP contribution in [-0.2, 0) is 5.60 Å². The fourth-order valence-electron chi connectivity index (χ4n) is 1.92. The maximum absolute atomic E-state index is 13.1. The number of nitrogens with one attached hydrogen (secondary N) is 1. The maximum atomic E-state index is 13.1. The molecule has 0 aliphatic heterocycles. The molecule has 0 aliphatic rings. The summed E-state index contributed by atoms with van der Waals surface area (Å²) in [5.74, 6) is -0.240. The SMILES string of the molecule is CC(NCC(C)(O)c1ccsc1)c1cccc(F)c1. The molecule has 2 N–H and O–H groups in total. The summed E-state index contributed by atoms with van der Waals surface area (Å²) >= 11 is 1.56. The number of thiophene rings is 1. The number of halogens is 1. The van der Waals surface area contributed by atoms with Crippen LogP contribution in [0.4, 0.5) is 4.39 Å². The van der Waals surface area contributed by atoms with Crippen molar-refractivity contribution in [1.29, 1.82) is 0 Å². The zero-order valence-electron chi connectivity index (χ0n) is 11.1. The standard InChI is InChI=1S/C15H18FNOS/c1-11(12-4-3-5-14(16)8-12)17-10-15(2,18)13-6-7-19-9-13/h3-9,11,17-18H,10H2,1-2H3. The monoisotopic (exact) mass is 279 g/mol. The topological polar surface area (TPSA) is 32.3 Å². The van der Waals surface area contributed by atoms with Crippen molar-refractivity contribution in [2.24, 2.45) is 0 Å². The summed E-state index contributed by atoms with van der Waals surface area (Å²) in [6.45, 7) is 4.15. The van der Waals surface area contributed by atoms with E-state index in [9.17, 15) is 9.50 Å². The van der Waals surface area contributed by atoms with Gasteiger partial charge in [-0.15, -0.1) is 0 Å². The Balaban J connectivity index is 1.99. The molecule has 1 heterocycles. The number of hydrogen-bond donors (Lipinski definition) is 2. The Hall–Kier alpha value is -1.23. The van der Waals surface area contributed by atoms with Crippen molar-refractivity contribution >= 4 is 11.3 Å². The summed E-state index contributed by atoms with van der Waals surface area (Å²) in [6, 6.07) is 8.41. The molecular formula is C15H18FNOS. The third-order valence-electron chi connectivity index (χ3n) is 3.24. The van der Waals surface area contributed by atoms with E-state index >= 15 is 0 Å². The van der Waals surface area contributed by atoms with Gasteiger partial charge < -0.3 is 10.4 Å². The van der Waals surface area contributed by atoms with Gasteiger partial charge in [-0.25, -0.2) is 4.39 Å². The molecule has 2 rings (SSSR count). The number of hydrogen-bond acceptors (Lipinski definition) is 3. The van der Waals surface area contributed by atoms with Crippen LogP contribution in [0.2, 0.25) is 0 Å².